The molecule has 6 nitrogen and oxygen atoms in total. The van der Waals surface area contributed by atoms with E-state index in [1.165, 1.54) is 32.1 Å². The molecule has 0 spiro atoms. The van der Waals surface area contributed by atoms with Crippen LogP contribution in [0.3, 0.4) is 0 Å². The standard InChI is InChI=1S/C26H42N4O2/c1-19(2)16-29(17-21-7-5-4-6-8-21)23-15-24(25(31)28-14-13-27)30(18-23)26(32)22-11-9-20(3)10-12-22/h9-12,19,21,23-24H,4-8,13-18,27H2,1-3H3,(H,28,31). The van der Waals surface area contributed by atoms with Gasteiger partial charge in [-0.15, -0.1) is 0 Å². The number of nitrogens with one attached hydrogen (secondary N) is 1. The van der Waals surface area contributed by atoms with E-state index < -0.39 is 6.04 Å². The molecule has 3 N–H and O–H groups in total. The average molecular weight is 443 g/mol. The van der Waals surface area contributed by atoms with Gasteiger partial charge in [0, 0.05) is 44.3 Å². The van der Waals surface area contributed by atoms with Gasteiger partial charge in [0.25, 0.3) is 5.91 Å². The van der Waals surface area contributed by atoms with E-state index in [2.05, 4.69) is 24.1 Å². The first-order valence-electron chi connectivity index (χ1n) is 12.5. The van der Waals surface area contributed by atoms with E-state index in [9.17, 15) is 9.59 Å². The summed E-state index contributed by atoms with van der Waals surface area (Å²) in [5.41, 5.74) is 7.37. The number of carbonyl (C=O) groups is 2. The second kappa shape index (κ2) is 11.8. The first-order valence-corrected chi connectivity index (χ1v) is 12.5. The highest BCUT2D eigenvalue weighted by atomic mass is 16.2. The lowest BCUT2D eigenvalue weighted by Crippen LogP contribution is -2.47. The number of hydrogen-bond donors (Lipinski definition) is 2. The number of hydrogen-bond acceptors (Lipinski definition) is 4. The van der Waals surface area contributed by atoms with E-state index in [0.29, 0.717) is 37.5 Å². The minimum absolute atomic E-state index is 0.0532. The van der Waals surface area contributed by atoms with Gasteiger partial charge < -0.3 is 16.0 Å². The summed E-state index contributed by atoms with van der Waals surface area (Å²) in [6.45, 7) is 10.0. The second-order valence-corrected chi connectivity index (χ2v) is 10.2. The Balaban J connectivity index is 1.79. The Labute approximate surface area is 193 Å². The van der Waals surface area contributed by atoms with Crippen LogP contribution in [-0.4, -0.2) is 66.4 Å². The molecule has 3 rings (SSSR count). The monoisotopic (exact) mass is 442 g/mol. The van der Waals surface area contributed by atoms with Crippen LogP contribution in [0.1, 0.15) is 68.3 Å². The molecule has 1 saturated carbocycles. The molecule has 1 aromatic rings. The van der Waals surface area contributed by atoms with Gasteiger partial charge in [-0.25, -0.2) is 0 Å². The highest BCUT2D eigenvalue weighted by Crippen LogP contribution is 2.30. The van der Waals surface area contributed by atoms with Crippen LogP contribution in [0.15, 0.2) is 24.3 Å². The maximum absolute atomic E-state index is 13.4. The zero-order chi connectivity index (χ0) is 23.1. The van der Waals surface area contributed by atoms with Crippen molar-refractivity contribution in [3.05, 3.63) is 35.4 Å². The Morgan fingerprint density at radius 3 is 2.47 bits per heavy atom. The molecule has 2 aliphatic rings. The number of aryl methyl sites for hydroxylation is 1. The number of benzene rings is 1. The van der Waals surface area contributed by atoms with Crippen LogP contribution in [0.5, 0.6) is 0 Å². The zero-order valence-corrected chi connectivity index (χ0v) is 20.2. The first-order chi connectivity index (χ1) is 15.4. The predicted molar refractivity (Wildman–Crippen MR) is 129 cm³/mol. The third kappa shape index (κ3) is 6.55. The van der Waals surface area contributed by atoms with Crippen molar-refractivity contribution in [2.45, 2.75) is 71.4 Å². The number of likely N-dealkylation sites (tertiary alicyclic amines) is 1. The Bertz CT molecular complexity index is 743. The summed E-state index contributed by atoms with van der Waals surface area (Å²) < 4.78 is 0. The number of nitrogens with zero attached hydrogens (tertiary/aromatic N) is 2. The van der Waals surface area contributed by atoms with Gasteiger partial charge in [-0.3, -0.25) is 14.5 Å². The highest BCUT2D eigenvalue weighted by Gasteiger charge is 2.42. The summed E-state index contributed by atoms with van der Waals surface area (Å²) in [6.07, 6.45) is 7.29. The van der Waals surface area contributed by atoms with Gasteiger partial charge in [-0.2, -0.15) is 0 Å². The molecule has 2 atom stereocenters. The number of amides is 2. The Morgan fingerprint density at radius 1 is 1.16 bits per heavy atom. The molecular formula is C26H42N4O2. The molecular weight excluding hydrogens is 400 g/mol. The van der Waals surface area contributed by atoms with Crippen LogP contribution in [0.4, 0.5) is 0 Å². The second-order valence-electron chi connectivity index (χ2n) is 10.2. The minimum atomic E-state index is -0.443. The van der Waals surface area contributed by atoms with Gasteiger partial charge in [-0.1, -0.05) is 50.8 Å². The van der Waals surface area contributed by atoms with Gasteiger partial charge in [0.2, 0.25) is 5.91 Å². The Hall–Kier alpha value is -1.92. The van der Waals surface area contributed by atoms with Crippen molar-refractivity contribution in [3.63, 3.8) is 0 Å². The molecule has 0 radical (unpaired) electrons. The molecule has 32 heavy (non-hydrogen) atoms. The maximum atomic E-state index is 13.4. The van der Waals surface area contributed by atoms with Crippen molar-refractivity contribution < 1.29 is 9.59 Å². The topological polar surface area (TPSA) is 78.7 Å². The lowest BCUT2D eigenvalue weighted by molar-refractivity contribution is -0.124. The molecule has 1 heterocycles. The maximum Gasteiger partial charge on any atom is 0.254 e. The number of nitrogens with two attached hydrogens (primary N) is 1. The van der Waals surface area contributed by atoms with Crippen molar-refractivity contribution in [1.82, 2.24) is 15.1 Å². The van der Waals surface area contributed by atoms with Gasteiger partial charge in [0.15, 0.2) is 0 Å². The molecule has 2 fully saturated rings. The van der Waals surface area contributed by atoms with Crippen molar-refractivity contribution in [3.8, 4) is 0 Å². The van der Waals surface area contributed by atoms with Crippen LogP contribution in [0.2, 0.25) is 0 Å². The fourth-order valence-electron chi connectivity index (χ4n) is 5.27. The molecule has 178 valence electrons. The predicted octanol–water partition coefficient (Wildman–Crippen LogP) is 3.19. The third-order valence-electron chi connectivity index (χ3n) is 6.92. The molecule has 1 saturated heterocycles. The first kappa shape index (κ1) is 24.7. The molecule has 6 heteroatoms. The number of rotatable bonds is 9. The summed E-state index contributed by atoms with van der Waals surface area (Å²) in [5, 5.41) is 2.93. The lowest BCUT2D eigenvalue weighted by Gasteiger charge is -2.35. The van der Waals surface area contributed by atoms with Crippen molar-refractivity contribution in [1.29, 1.82) is 0 Å². The van der Waals surface area contributed by atoms with Gasteiger partial charge in [-0.05, 0) is 50.2 Å². The lowest BCUT2D eigenvalue weighted by atomic mass is 9.88. The summed E-state index contributed by atoms with van der Waals surface area (Å²) in [7, 11) is 0. The molecule has 1 aliphatic carbocycles. The smallest absolute Gasteiger partial charge is 0.254 e. The van der Waals surface area contributed by atoms with Gasteiger partial charge in [0.1, 0.15) is 6.04 Å². The normalized spacial score (nSPS) is 22.0. The van der Waals surface area contributed by atoms with Crippen molar-refractivity contribution >= 4 is 11.8 Å². The van der Waals surface area contributed by atoms with E-state index in [-0.39, 0.29) is 17.9 Å². The summed E-state index contributed by atoms with van der Waals surface area (Å²) in [4.78, 5) is 30.8. The molecule has 0 aromatic heterocycles. The summed E-state index contributed by atoms with van der Waals surface area (Å²) >= 11 is 0. The van der Waals surface area contributed by atoms with Crippen LogP contribution < -0.4 is 11.1 Å². The molecule has 1 aromatic carbocycles. The molecule has 2 unspecified atom stereocenters. The number of carbonyl (C=O) groups excluding carboxylic acids is 2. The highest BCUT2D eigenvalue weighted by molar-refractivity contribution is 5.98. The Morgan fingerprint density at radius 2 is 1.84 bits per heavy atom. The van der Waals surface area contributed by atoms with Crippen LogP contribution in [-0.2, 0) is 4.79 Å². The minimum Gasteiger partial charge on any atom is -0.353 e. The van der Waals surface area contributed by atoms with Crippen molar-refractivity contribution in [2.75, 3.05) is 32.7 Å². The van der Waals surface area contributed by atoms with Gasteiger partial charge >= 0.3 is 0 Å². The van der Waals surface area contributed by atoms with E-state index in [1.54, 1.807) is 4.90 Å². The van der Waals surface area contributed by atoms with Crippen LogP contribution >= 0.6 is 0 Å². The Kier molecular flexibility index (Phi) is 9.11. The van der Waals surface area contributed by atoms with E-state index in [1.807, 2.05) is 31.2 Å². The van der Waals surface area contributed by atoms with E-state index in [4.69, 9.17) is 5.73 Å². The van der Waals surface area contributed by atoms with Crippen molar-refractivity contribution in [2.24, 2.45) is 17.6 Å². The van der Waals surface area contributed by atoms with Gasteiger partial charge in [0.05, 0.1) is 0 Å². The van der Waals surface area contributed by atoms with E-state index in [0.717, 1.165) is 24.6 Å². The van der Waals surface area contributed by atoms with Crippen LogP contribution in [0, 0.1) is 18.8 Å². The summed E-state index contributed by atoms with van der Waals surface area (Å²) in [5.74, 6) is 1.14. The third-order valence-corrected chi connectivity index (χ3v) is 6.92. The fourth-order valence-corrected chi connectivity index (χ4v) is 5.27. The van der Waals surface area contributed by atoms with E-state index >= 15 is 0 Å². The fraction of sp³-hybridized carbons (Fsp3) is 0.692. The van der Waals surface area contributed by atoms with Crippen LogP contribution in [0.25, 0.3) is 0 Å². The molecule has 0 bridgehead atoms. The molecule has 2 amide bonds. The average Bonchev–Trinajstić information content (AvgIpc) is 3.23. The summed E-state index contributed by atoms with van der Waals surface area (Å²) in [6, 6.07) is 7.42. The molecule has 1 aliphatic heterocycles. The quantitative estimate of drug-likeness (QED) is 0.616. The SMILES string of the molecule is Cc1ccc(C(=O)N2CC(N(CC(C)C)CC3CCCCC3)CC2C(=O)NCCN)cc1. The zero-order valence-electron chi connectivity index (χ0n) is 20.2. The largest absolute Gasteiger partial charge is 0.353 e.